The van der Waals surface area contributed by atoms with E-state index in [1.807, 2.05) is 0 Å². The van der Waals surface area contributed by atoms with Gasteiger partial charge in [0.25, 0.3) is 0 Å². The Morgan fingerprint density at radius 1 is 1.29 bits per heavy atom. The Kier molecular flexibility index (Phi) is 2.61. The van der Waals surface area contributed by atoms with Gasteiger partial charge in [0, 0.05) is 18.6 Å². The van der Waals surface area contributed by atoms with Crippen LogP contribution in [-0.4, -0.2) is 19.3 Å². The van der Waals surface area contributed by atoms with Crippen LogP contribution in [0.5, 0.6) is 0 Å². The van der Waals surface area contributed by atoms with E-state index in [4.69, 9.17) is 10.5 Å². The molecule has 2 rings (SSSR count). The molecule has 2 heteroatoms. The van der Waals surface area contributed by atoms with Crippen molar-refractivity contribution in [3.8, 4) is 0 Å². The summed E-state index contributed by atoms with van der Waals surface area (Å²) in [5.41, 5.74) is 6.73. The fraction of sp³-hybridized carbons (Fsp3) is 1.00. The van der Waals surface area contributed by atoms with Crippen molar-refractivity contribution in [2.45, 2.75) is 52.1 Å². The largest absolute Gasteiger partial charge is 0.376 e. The van der Waals surface area contributed by atoms with Crippen LogP contribution in [0.4, 0.5) is 0 Å². The quantitative estimate of drug-likeness (QED) is 0.700. The molecule has 0 radical (unpaired) electrons. The average molecular weight is 197 g/mol. The summed E-state index contributed by atoms with van der Waals surface area (Å²) in [4.78, 5) is 0. The first-order valence-corrected chi connectivity index (χ1v) is 5.90. The van der Waals surface area contributed by atoms with Gasteiger partial charge < -0.3 is 10.5 Å². The lowest BCUT2D eigenvalue weighted by atomic mass is 9.61. The molecule has 2 aliphatic rings. The predicted molar refractivity (Wildman–Crippen MR) is 58.1 cm³/mol. The van der Waals surface area contributed by atoms with Gasteiger partial charge in [-0.25, -0.2) is 0 Å². The van der Waals surface area contributed by atoms with Crippen molar-refractivity contribution in [1.82, 2.24) is 0 Å². The zero-order valence-electron chi connectivity index (χ0n) is 9.51. The van der Waals surface area contributed by atoms with E-state index >= 15 is 0 Å². The Bertz CT molecular complexity index is 214. The first-order valence-electron chi connectivity index (χ1n) is 5.90. The molecule has 1 saturated heterocycles. The van der Waals surface area contributed by atoms with E-state index in [0.29, 0.717) is 23.5 Å². The van der Waals surface area contributed by atoms with Crippen LogP contribution in [0.25, 0.3) is 0 Å². The third-order valence-electron chi connectivity index (χ3n) is 4.17. The molecule has 1 aliphatic heterocycles. The van der Waals surface area contributed by atoms with E-state index in [-0.39, 0.29) is 0 Å². The van der Waals surface area contributed by atoms with Crippen molar-refractivity contribution in [2.24, 2.45) is 16.6 Å². The van der Waals surface area contributed by atoms with Crippen molar-refractivity contribution >= 4 is 0 Å². The lowest BCUT2D eigenvalue weighted by Gasteiger charge is -2.45. The highest BCUT2D eigenvalue weighted by Gasteiger charge is 2.48. The van der Waals surface area contributed by atoms with Crippen LogP contribution in [0.2, 0.25) is 0 Å². The third-order valence-corrected chi connectivity index (χ3v) is 4.17. The fourth-order valence-corrected chi connectivity index (χ4v) is 3.60. The fourth-order valence-electron chi connectivity index (χ4n) is 3.60. The maximum Gasteiger partial charge on any atom is 0.0754 e. The van der Waals surface area contributed by atoms with Crippen LogP contribution in [0.3, 0.4) is 0 Å². The molecule has 1 spiro atoms. The summed E-state index contributed by atoms with van der Waals surface area (Å²) in [6, 6.07) is 0. The van der Waals surface area contributed by atoms with Crippen LogP contribution < -0.4 is 5.73 Å². The molecule has 0 amide bonds. The summed E-state index contributed by atoms with van der Waals surface area (Å²) >= 11 is 0. The second-order valence-electron chi connectivity index (χ2n) is 5.90. The van der Waals surface area contributed by atoms with Gasteiger partial charge >= 0.3 is 0 Å². The van der Waals surface area contributed by atoms with Crippen LogP contribution in [0, 0.1) is 10.8 Å². The van der Waals surface area contributed by atoms with E-state index in [1.165, 1.54) is 32.1 Å². The van der Waals surface area contributed by atoms with Crippen molar-refractivity contribution in [3.63, 3.8) is 0 Å². The molecule has 2 unspecified atom stereocenters. The standard InChI is InChI=1S/C12H23NO/c1-11(2)4-3-5-12(9-11)6-7-14-10(12)8-13/h10H,3-9,13H2,1-2H3. The minimum atomic E-state index is 0.335. The van der Waals surface area contributed by atoms with Crippen LogP contribution >= 0.6 is 0 Å². The number of hydrogen-bond acceptors (Lipinski definition) is 2. The summed E-state index contributed by atoms with van der Waals surface area (Å²) in [6.07, 6.45) is 6.93. The van der Waals surface area contributed by atoms with Gasteiger partial charge in [0.2, 0.25) is 0 Å². The summed E-state index contributed by atoms with van der Waals surface area (Å²) in [5, 5.41) is 0. The smallest absolute Gasteiger partial charge is 0.0754 e. The Morgan fingerprint density at radius 3 is 2.71 bits per heavy atom. The van der Waals surface area contributed by atoms with E-state index in [9.17, 15) is 0 Å². The van der Waals surface area contributed by atoms with Crippen LogP contribution in [0.15, 0.2) is 0 Å². The van der Waals surface area contributed by atoms with Crippen LogP contribution in [-0.2, 0) is 4.74 Å². The summed E-state index contributed by atoms with van der Waals surface area (Å²) in [6.45, 7) is 6.41. The van der Waals surface area contributed by atoms with Crippen molar-refractivity contribution in [3.05, 3.63) is 0 Å². The maximum absolute atomic E-state index is 5.80. The maximum atomic E-state index is 5.80. The van der Waals surface area contributed by atoms with Gasteiger partial charge in [0.05, 0.1) is 6.10 Å². The average Bonchev–Trinajstić information content (AvgIpc) is 2.45. The van der Waals surface area contributed by atoms with E-state index in [1.54, 1.807) is 0 Å². The molecule has 1 heterocycles. The lowest BCUT2D eigenvalue weighted by molar-refractivity contribution is 0.000562. The molecule has 0 aromatic heterocycles. The zero-order valence-corrected chi connectivity index (χ0v) is 9.51. The molecule has 0 aromatic carbocycles. The van der Waals surface area contributed by atoms with Crippen LogP contribution in [0.1, 0.15) is 46.0 Å². The Labute approximate surface area is 87.2 Å². The SMILES string of the molecule is CC1(C)CCCC2(CCOC2CN)C1. The van der Waals surface area contributed by atoms with Gasteiger partial charge in [-0.3, -0.25) is 0 Å². The number of hydrogen-bond donors (Lipinski definition) is 1. The molecule has 1 aliphatic carbocycles. The van der Waals surface area contributed by atoms with Gasteiger partial charge in [-0.05, 0) is 31.1 Å². The van der Waals surface area contributed by atoms with Gasteiger partial charge in [-0.1, -0.05) is 20.3 Å². The lowest BCUT2D eigenvalue weighted by Crippen LogP contribution is -2.42. The Hall–Kier alpha value is -0.0800. The highest BCUT2D eigenvalue weighted by atomic mass is 16.5. The summed E-state index contributed by atoms with van der Waals surface area (Å²) in [7, 11) is 0. The molecule has 82 valence electrons. The second kappa shape index (κ2) is 3.49. The topological polar surface area (TPSA) is 35.2 Å². The van der Waals surface area contributed by atoms with Crippen molar-refractivity contribution in [1.29, 1.82) is 0 Å². The van der Waals surface area contributed by atoms with E-state index in [0.717, 1.165) is 6.61 Å². The number of ether oxygens (including phenoxy) is 1. The Balaban J connectivity index is 2.14. The molecule has 0 aromatic rings. The highest BCUT2D eigenvalue weighted by molar-refractivity contribution is 4.98. The molecule has 2 fully saturated rings. The van der Waals surface area contributed by atoms with Gasteiger partial charge in [0.1, 0.15) is 0 Å². The van der Waals surface area contributed by atoms with Crippen molar-refractivity contribution in [2.75, 3.05) is 13.2 Å². The van der Waals surface area contributed by atoms with Gasteiger partial charge in [0.15, 0.2) is 0 Å². The number of nitrogens with two attached hydrogens (primary N) is 1. The molecular formula is C12H23NO. The first-order chi connectivity index (χ1) is 6.58. The summed E-state index contributed by atoms with van der Waals surface area (Å²) in [5.74, 6) is 0. The predicted octanol–water partition coefficient (Wildman–Crippen LogP) is 2.32. The van der Waals surface area contributed by atoms with Crippen molar-refractivity contribution < 1.29 is 4.74 Å². The molecular weight excluding hydrogens is 174 g/mol. The normalized spacial score (nSPS) is 41.8. The molecule has 1 saturated carbocycles. The molecule has 0 bridgehead atoms. The second-order valence-corrected chi connectivity index (χ2v) is 5.90. The minimum absolute atomic E-state index is 0.335. The van der Waals surface area contributed by atoms with E-state index < -0.39 is 0 Å². The zero-order chi connectivity index (χ0) is 10.2. The molecule has 2 atom stereocenters. The van der Waals surface area contributed by atoms with Gasteiger partial charge in [-0.2, -0.15) is 0 Å². The minimum Gasteiger partial charge on any atom is -0.376 e. The monoisotopic (exact) mass is 197 g/mol. The Morgan fingerprint density at radius 2 is 2.07 bits per heavy atom. The van der Waals surface area contributed by atoms with Gasteiger partial charge in [-0.15, -0.1) is 0 Å². The molecule has 14 heavy (non-hydrogen) atoms. The number of rotatable bonds is 1. The molecule has 2 nitrogen and oxygen atoms in total. The summed E-state index contributed by atoms with van der Waals surface area (Å²) < 4.78 is 5.76. The molecule has 2 N–H and O–H groups in total. The van der Waals surface area contributed by atoms with E-state index in [2.05, 4.69) is 13.8 Å². The first kappa shape index (κ1) is 10.4. The third kappa shape index (κ3) is 1.70. The highest BCUT2D eigenvalue weighted by Crippen LogP contribution is 2.52.